The van der Waals surface area contributed by atoms with Crippen molar-refractivity contribution in [3.05, 3.63) is 0 Å². The highest BCUT2D eigenvalue weighted by Crippen LogP contribution is 2.28. The molecule has 19 heavy (non-hydrogen) atoms. The van der Waals surface area contributed by atoms with Crippen molar-refractivity contribution in [1.82, 2.24) is 10.2 Å². The smallest absolute Gasteiger partial charge is 0.225 e. The Labute approximate surface area is 115 Å². The van der Waals surface area contributed by atoms with Gasteiger partial charge in [0.15, 0.2) is 0 Å². The zero-order valence-corrected chi connectivity index (χ0v) is 12.2. The maximum absolute atomic E-state index is 12.1. The van der Waals surface area contributed by atoms with Gasteiger partial charge >= 0.3 is 0 Å². The third kappa shape index (κ3) is 3.48. The molecule has 1 heterocycles. The third-order valence-corrected chi connectivity index (χ3v) is 4.55. The van der Waals surface area contributed by atoms with Crippen molar-refractivity contribution < 1.29 is 9.59 Å². The summed E-state index contributed by atoms with van der Waals surface area (Å²) >= 11 is 0. The van der Waals surface area contributed by atoms with E-state index < -0.39 is 0 Å². The minimum atomic E-state index is -0.136. The van der Waals surface area contributed by atoms with Gasteiger partial charge in [-0.2, -0.15) is 0 Å². The summed E-state index contributed by atoms with van der Waals surface area (Å²) in [6.45, 7) is 4.69. The van der Waals surface area contributed by atoms with E-state index in [-0.39, 0.29) is 23.8 Å². The Morgan fingerprint density at radius 1 is 1.37 bits per heavy atom. The molecule has 1 aliphatic heterocycles. The van der Waals surface area contributed by atoms with Gasteiger partial charge in [0.1, 0.15) is 0 Å². The number of hydrogen-bond acceptors (Lipinski definition) is 2. The van der Waals surface area contributed by atoms with Gasteiger partial charge in [-0.15, -0.1) is 0 Å². The highest BCUT2D eigenvalue weighted by Gasteiger charge is 2.38. The molecule has 1 saturated heterocycles. The van der Waals surface area contributed by atoms with Gasteiger partial charge in [-0.25, -0.2) is 0 Å². The Morgan fingerprint density at radius 3 is 2.68 bits per heavy atom. The molecule has 4 heteroatoms. The Hall–Kier alpha value is -1.06. The van der Waals surface area contributed by atoms with Crippen LogP contribution in [-0.4, -0.2) is 35.3 Å². The summed E-state index contributed by atoms with van der Waals surface area (Å²) in [6, 6.07) is 0.592. The third-order valence-electron chi connectivity index (χ3n) is 4.55. The second-order valence-corrected chi connectivity index (χ2v) is 6.06. The Balaban J connectivity index is 1.89. The van der Waals surface area contributed by atoms with E-state index in [9.17, 15) is 9.59 Å². The first-order valence-electron chi connectivity index (χ1n) is 7.71. The first-order chi connectivity index (χ1) is 9.11. The van der Waals surface area contributed by atoms with E-state index in [2.05, 4.69) is 12.2 Å². The van der Waals surface area contributed by atoms with Crippen LogP contribution >= 0.6 is 0 Å². The molecule has 1 N–H and O–H groups in total. The molecule has 2 rings (SSSR count). The predicted octanol–water partition coefficient (Wildman–Crippen LogP) is 2.08. The van der Waals surface area contributed by atoms with Crippen molar-refractivity contribution in [2.24, 2.45) is 5.92 Å². The Bertz CT molecular complexity index is 337. The SMILES string of the molecule is CC[C@@H](C)NC(=O)[C@H]1CC(=O)N(C2CCCCC2)C1. The van der Waals surface area contributed by atoms with E-state index in [0.29, 0.717) is 19.0 Å². The summed E-state index contributed by atoms with van der Waals surface area (Å²) in [7, 11) is 0. The lowest BCUT2D eigenvalue weighted by Crippen LogP contribution is -2.40. The van der Waals surface area contributed by atoms with Gasteiger partial charge in [0.25, 0.3) is 0 Å². The average molecular weight is 266 g/mol. The first kappa shape index (κ1) is 14.4. The molecule has 0 aromatic heterocycles. The van der Waals surface area contributed by atoms with E-state index >= 15 is 0 Å². The fourth-order valence-electron chi connectivity index (χ4n) is 3.12. The molecule has 0 bridgehead atoms. The second kappa shape index (κ2) is 6.40. The Kier molecular flexibility index (Phi) is 4.83. The number of carbonyl (C=O) groups is 2. The fourth-order valence-corrected chi connectivity index (χ4v) is 3.12. The van der Waals surface area contributed by atoms with Gasteiger partial charge in [0, 0.05) is 25.0 Å². The molecular weight excluding hydrogens is 240 g/mol. The van der Waals surface area contributed by atoms with Crippen LogP contribution in [0.25, 0.3) is 0 Å². The predicted molar refractivity (Wildman–Crippen MR) is 74.6 cm³/mol. The van der Waals surface area contributed by atoms with Gasteiger partial charge in [-0.3, -0.25) is 9.59 Å². The molecule has 1 aliphatic carbocycles. The number of hydrogen-bond donors (Lipinski definition) is 1. The van der Waals surface area contributed by atoms with E-state index in [1.165, 1.54) is 19.3 Å². The van der Waals surface area contributed by atoms with Crippen LogP contribution in [0, 0.1) is 5.92 Å². The fraction of sp³-hybridized carbons (Fsp3) is 0.867. The van der Waals surface area contributed by atoms with E-state index in [4.69, 9.17) is 0 Å². The zero-order valence-electron chi connectivity index (χ0n) is 12.2. The van der Waals surface area contributed by atoms with Crippen LogP contribution in [0.4, 0.5) is 0 Å². The van der Waals surface area contributed by atoms with Crippen LogP contribution in [0.3, 0.4) is 0 Å². The molecule has 2 fully saturated rings. The van der Waals surface area contributed by atoms with E-state index in [0.717, 1.165) is 19.3 Å². The highest BCUT2D eigenvalue weighted by atomic mass is 16.2. The maximum Gasteiger partial charge on any atom is 0.225 e. The minimum Gasteiger partial charge on any atom is -0.353 e. The van der Waals surface area contributed by atoms with Crippen LogP contribution in [0.15, 0.2) is 0 Å². The van der Waals surface area contributed by atoms with Crippen molar-refractivity contribution in [2.45, 2.75) is 70.9 Å². The molecule has 2 aliphatic rings. The first-order valence-corrected chi connectivity index (χ1v) is 7.71. The minimum absolute atomic E-state index is 0.0565. The topological polar surface area (TPSA) is 49.4 Å². The van der Waals surface area contributed by atoms with Gasteiger partial charge in [-0.05, 0) is 26.2 Å². The van der Waals surface area contributed by atoms with Crippen LogP contribution in [0.5, 0.6) is 0 Å². The summed E-state index contributed by atoms with van der Waals surface area (Å²) in [6.07, 6.45) is 7.29. The molecule has 1 saturated carbocycles. The summed E-state index contributed by atoms with van der Waals surface area (Å²) < 4.78 is 0. The van der Waals surface area contributed by atoms with Gasteiger partial charge in [0.05, 0.1) is 5.92 Å². The van der Waals surface area contributed by atoms with Gasteiger partial charge in [-0.1, -0.05) is 26.2 Å². The normalized spacial score (nSPS) is 26.5. The van der Waals surface area contributed by atoms with Crippen molar-refractivity contribution in [3.8, 4) is 0 Å². The van der Waals surface area contributed by atoms with E-state index in [1.807, 2.05) is 11.8 Å². The van der Waals surface area contributed by atoms with Crippen LogP contribution in [0.2, 0.25) is 0 Å². The lowest BCUT2D eigenvalue weighted by molar-refractivity contribution is -0.130. The molecule has 0 aromatic rings. The number of nitrogens with zero attached hydrogens (tertiary/aromatic N) is 1. The quantitative estimate of drug-likeness (QED) is 0.847. The second-order valence-electron chi connectivity index (χ2n) is 6.06. The van der Waals surface area contributed by atoms with Gasteiger partial charge in [0.2, 0.25) is 11.8 Å². The molecule has 0 unspecified atom stereocenters. The maximum atomic E-state index is 12.1. The molecule has 0 radical (unpaired) electrons. The van der Waals surface area contributed by atoms with E-state index in [1.54, 1.807) is 0 Å². The molecule has 4 nitrogen and oxygen atoms in total. The summed E-state index contributed by atoms with van der Waals surface area (Å²) in [4.78, 5) is 26.2. The highest BCUT2D eigenvalue weighted by molar-refractivity contribution is 5.89. The molecule has 2 atom stereocenters. The number of likely N-dealkylation sites (tertiary alicyclic amines) is 1. The average Bonchev–Trinajstić information content (AvgIpc) is 2.82. The summed E-state index contributed by atoms with van der Waals surface area (Å²) in [5.74, 6) is 0.0978. The lowest BCUT2D eigenvalue weighted by atomic mass is 9.94. The molecule has 0 spiro atoms. The largest absolute Gasteiger partial charge is 0.353 e. The monoisotopic (exact) mass is 266 g/mol. The van der Waals surface area contributed by atoms with Crippen molar-refractivity contribution in [1.29, 1.82) is 0 Å². The van der Waals surface area contributed by atoms with Crippen LogP contribution in [-0.2, 0) is 9.59 Å². The number of nitrogens with one attached hydrogen (secondary N) is 1. The van der Waals surface area contributed by atoms with Crippen LogP contribution in [0.1, 0.15) is 58.8 Å². The standard InChI is InChI=1S/C15H26N2O2/c1-3-11(2)16-15(19)12-9-14(18)17(10-12)13-7-5-4-6-8-13/h11-13H,3-10H2,1-2H3,(H,16,19)/t11-,12+/m1/s1. The summed E-state index contributed by atoms with van der Waals surface area (Å²) in [5, 5.41) is 3.00. The number of amides is 2. The lowest BCUT2D eigenvalue weighted by Gasteiger charge is -2.31. The number of rotatable bonds is 4. The molecule has 0 aromatic carbocycles. The van der Waals surface area contributed by atoms with Crippen LogP contribution < -0.4 is 5.32 Å². The van der Waals surface area contributed by atoms with Gasteiger partial charge < -0.3 is 10.2 Å². The van der Waals surface area contributed by atoms with Crippen molar-refractivity contribution in [3.63, 3.8) is 0 Å². The zero-order chi connectivity index (χ0) is 13.8. The molecular formula is C15H26N2O2. The molecule has 108 valence electrons. The van der Waals surface area contributed by atoms with Crippen molar-refractivity contribution in [2.75, 3.05) is 6.54 Å². The Morgan fingerprint density at radius 2 is 2.05 bits per heavy atom. The molecule has 2 amide bonds. The summed E-state index contributed by atoms with van der Waals surface area (Å²) in [5.41, 5.74) is 0. The number of carbonyl (C=O) groups excluding carboxylic acids is 2. The van der Waals surface area contributed by atoms with Crippen molar-refractivity contribution >= 4 is 11.8 Å².